The number of furan rings is 1. The van der Waals surface area contributed by atoms with Crippen LogP contribution in [0.1, 0.15) is 12.5 Å². The maximum Gasteiger partial charge on any atom is 0.265 e. The predicted molar refractivity (Wildman–Crippen MR) is 110 cm³/mol. The highest BCUT2D eigenvalue weighted by Gasteiger charge is 2.19. The fraction of sp³-hybridized carbons (Fsp3) is 0.174. The van der Waals surface area contributed by atoms with Gasteiger partial charge in [0.05, 0.1) is 12.8 Å². The number of anilines is 1. The number of aryl methyl sites for hydroxylation is 1. The van der Waals surface area contributed by atoms with E-state index in [1.165, 1.54) is 0 Å². The second kappa shape index (κ2) is 7.27. The summed E-state index contributed by atoms with van der Waals surface area (Å²) in [5, 5.41) is 4.83. The van der Waals surface area contributed by atoms with Gasteiger partial charge in [-0.05, 0) is 43.7 Å². The van der Waals surface area contributed by atoms with E-state index in [0.29, 0.717) is 22.8 Å². The number of amides is 1. The van der Waals surface area contributed by atoms with Crippen molar-refractivity contribution in [2.24, 2.45) is 0 Å². The third-order valence-electron chi connectivity index (χ3n) is 4.63. The summed E-state index contributed by atoms with van der Waals surface area (Å²) >= 11 is 0. The molecule has 0 radical (unpaired) electrons. The van der Waals surface area contributed by atoms with Gasteiger partial charge in [0, 0.05) is 16.8 Å². The molecule has 1 atom stereocenters. The van der Waals surface area contributed by atoms with E-state index in [1.54, 1.807) is 20.1 Å². The van der Waals surface area contributed by atoms with Crippen molar-refractivity contribution in [1.29, 1.82) is 0 Å². The second-order valence-corrected chi connectivity index (χ2v) is 6.71. The minimum Gasteiger partial charge on any atom is -0.495 e. The fourth-order valence-corrected chi connectivity index (χ4v) is 3.20. The molecular weight excluding hydrogens is 354 g/mol. The van der Waals surface area contributed by atoms with Gasteiger partial charge in [-0.3, -0.25) is 4.79 Å². The maximum atomic E-state index is 12.7. The van der Waals surface area contributed by atoms with Gasteiger partial charge in [0.1, 0.15) is 22.7 Å². The topological polar surface area (TPSA) is 60.7 Å². The highest BCUT2D eigenvalue weighted by Crippen LogP contribution is 2.36. The molecule has 3 aromatic carbocycles. The van der Waals surface area contributed by atoms with Crippen LogP contribution < -0.4 is 14.8 Å². The molecule has 142 valence electrons. The molecule has 0 unspecified atom stereocenters. The summed E-state index contributed by atoms with van der Waals surface area (Å²) in [4.78, 5) is 12.7. The maximum absolute atomic E-state index is 12.7. The molecule has 1 N–H and O–H groups in total. The predicted octanol–water partition coefficient (Wildman–Crippen LogP) is 5.31. The zero-order valence-corrected chi connectivity index (χ0v) is 16.0. The zero-order chi connectivity index (χ0) is 19.7. The van der Waals surface area contributed by atoms with E-state index < -0.39 is 6.10 Å². The van der Waals surface area contributed by atoms with Crippen LogP contribution in [0.2, 0.25) is 0 Å². The van der Waals surface area contributed by atoms with Gasteiger partial charge in [-0.2, -0.15) is 0 Å². The molecule has 5 nitrogen and oxygen atoms in total. The van der Waals surface area contributed by atoms with Gasteiger partial charge in [0.15, 0.2) is 6.10 Å². The number of hydrogen-bond donors (Lipinski definition) is 1. The van der Waals surface area contributed by atoms with E-state index in [1.807, 2.05) is 61.5 Å². The van der Waals surface area contributed by atoms with Gasteiger partial charge in [-0.25, -0.2) is 0 Å². The average molecular weight is 375 g/mol. The molecule has 1 amide bonds. The number of rotatable bonds is 5. The Morgan fingerprint density at radius 2 is 1.82 bits per heavy atom. The molecule has 5 heteroatoms. The third-order valence-corrected chi connectivity index (χ3v) is 4.63. The molecule has 0 saturated heterocycles. The van der Waals surface area contributed by atoms with E-state index in [2.05, 4.69) is 5.32 Å². The lowest BCUT2D eigenvalue weighted by molar-refractivity contribution is -0.122. The SMILES string of the molecule is COc1cc2c(cc1NC(=O)[C@@H](C)Oc1cccc(C)c1)oc1ccccc12. The Bertz CT molecular complexity index is 1160. The lowest BCUT2D eigenvalue weighted by atomic mass is 10.1. The van der Waals surface area contributed by atoms with Gasteiger partial charge < -0.3 is 19.2 Å². The summed E-state index contributed by atoms with van der Waals surface area (Å²) in [5.74, 6) is 0.952. The summed E-state index contributed by atoms with van der Waals surface area (Å²) in [7, 11) is 1.58. The first kappa shape index (κ1) is 17.9. The number of para-hydroxylation sites is 1. The van der Waals surface area contributed by atoms with Crippen molar-refractivity contribution in [2.75, 3.05) is 12.4 Å². The largest absolute Gasteiger partial charge is 0.495 e. The lowest BCUT2D eigenvalue weighted by Gasteiger charge is -2.16. The molecular formula is C23H21NO4. The minimum atomic E-state index is -0.669. The Hall–Kier alpha value is -3.47. The van der Waals surface area contributed by atoms with Crippen LogP contribution in [0, 0.1) is 6.92 Å². The van der Waals surface area contributed by atoms with Crippen molar-refractivity contribution < 1.29 is 18.7 Å². The van der Waals surface area contributed by atoms with Crippen LogP contribution in [0.25, 0.3) is 21.9 Å². The highest BCUT2D eigenvalue weighted by atomic mass is 16.5. The zero-order valence-electron chi connectivity index (χ0n) is 16.0. The first-order valence-corrected chi connectivity index (χ1v) is 9.08. The van der Waals surface area contributed by atoms with E-state index in [9.17, 15) is 4.79 Å². The Morgan fingerprint density at radius 3 is 2.61 bits per heavy atom. The molecule has 1 heterocycles. The Labute approximate surface area is 162 Å². The molecule has 0 spiro atoms. The van der Waals surface area contributed by atoms with Crippen molar-refractivity contribution >= 4 is 33.5 Å². The number of fused-ring (bicyclic) bond motifs is 3. The van der Waals surface area contributed by atoms with Crippen molar-refractivity contribution in [3.8, 4) is 11.5 Å². The van der Waals surface area contributed by atoms with Crippen LogP contribution >= 0.6 is 0 Å². The van der Waals surface area contributed by atoms with Gasteiger partial charge in [-0.1, -0.05) is 30.3 Å². The molecule has 0 bridgehead atoms. The van der Waals surface area contributed by atoms with Crippen LogP contribution in [0.3, 0.4) is 0 Å². The number of benzene rings is 3. The van der Waals surface area contributed by atoms with Gasteiger partial charge in [0.2, 0.25) is 0 Å². The van der Waals surface area contributed by atoms with Crippen molar-refractivity contribution in [3.05, 3.63) is 66.2 Å². The van der Waals surface area contributed by atoms with E-state index >= 15 is 0 Å². The van der Waals surface area contributed by atoms with Crippen molar-refractivity contribution in [2.45, 2.75) is 20.0 Å². The Kier molecular flexibility index (Phi) is 4.65. The normalized spacial score (nSPS) is 12.1. The molecule has 0 aliphatic rings. The number of nitrogens with one attached hydrogen (secondary N) is 1. The molecule has 0 aliphatic carbocycles. The Morgan fingerprint density at radius 1 is 1.00 bits per heavy atom. The van der Waals surface area contributed by atoms with Crippen molar-refractivity contribution in [1.82, 2.24) is 0 Å². The van der Waals surface area contributed by atoms with E-state index in [-0.39, 0.29) is 5.91 Å². The van der Waals surface area contributed by atoms with Crippen LogP contribution in [0.4, 0.5) is 5.69 Å². The molecule has 0 aliphatic heterocycles. The number of ether oxygens (including phenoxy) is 2. The first-order valence-electron chi connectivity index (χ1n) is 9.08. The monoisotopic (exact) mass is 375 g/mol. The summed E-state index contributed by atoms with van der Waals surface area (Å²) in [5.41, 5.74) is 3.09. The number of methoxy groups -OCH3 is 1. The van der Waals surface area contributed by atoms with E-state index in [0.717, 1.165) is 21.9 Å². The molecule has 4 aromatic rings. The molecule has 0 fully saturated rings. The van der Waals surface area contributed by atoms with Gasteiger partial charge in [0.25, 0.3) is 5.91 Å². The minimum absolute atomic E-state index is 0.268. The molecule has 4 rings (SSSR count). The fourth-order valence-electron chi connectivity index (χ4n) is 3.20. The average Bonchev–Trinajstić information content (AvgIpc) is 3.04. The van der Waals surface area contributed by atoms with E-state index in [4.69, 9.17) is 13.9 Å². The molecule has 0 saturated carbocycles. The number of carbonyl (C=O) groups is 1. The van der Waals surface area contributed by atoms with Crippen LogP contribution in [-0.2, 0) is 4.79 Å². The standard InChI is InChI=1S/C23H21NO4/c1-14-7-6-8-16(11-14)27-15(2)23(25)24-19-13-21-18(12-22(19)26-3)17-9-4-5-10-20(17)28-21/h4-13,15H,1-3H3,(H,24,25)/t15-/m1/s1. The van der Waals surface area contributed by atoms with Gasteiger partial charge >= 0.3 is 0 Å². The first-order chi connectivity index (χ1) is 13.5. The van der Waals surface area contributed by atoms with Crippen molar-refractivity contribution in [3.63, 3.8) is 0 Å². The molecule has 28 heavy (non-hydrogen) atoms. The third kappa shape index (κ3) is 3.39. The van der Waals surface area contributed by atoms with Crippen LogP contribution in [0.5, 0.6) is 11.5 Å². The number of hydrogen-bond acceptors (Lipinski definition) is 4. The summed E-state index contributed by atoms with van der Waals surface area (Å²) in [6.45, 7) is 3.69. The van der Waals surface area contributed by atoms with Crippen LogP contribution in [-0.4, -0.2) is 19.1 Å². The molecule has 1 aromatic heterocycles. The smallest absolute Gasteiger partial charge is 0.265 e. The van der Waals surface area contributed by atoms with Gasteiger partial charge in [-0.15, -0.1) is 0 Å². The highest BCUT2D eigenvalue weighted by molar-refractivity contribution is 6.08. The lowest BCUT2D eigenvalue weighted by Crippen LogP contribution is -2.30. The quantitative estimate of drug-likeness (QED) is 0.514. The summed E-state index contributed by atoms with van der Waals surface area (Å²) in [6.07, 6.45) is -0.669. The van der Waals surface area contributed by atoms with Crippen LogP contribution in [0.15, 0.2) is 65.1 Å². The summed E-state index contributed by atoms with van der Waals surface area (Å²) < 4.78 is 17.2. The Balaban J connectivity index is 1.61. The number of carbonyl (C=O) groups excluding carboxylic acids is 1. The summed E-state index contributed by atoms with van der Waals surface area (Å²) in [6, 6.07) is 19.1. The second-order valence-electron chi connectivity index (χ2n) is 6.71.